The fourth-order valence-electron chi connectivity index (χ4n) is 2.54. The van der Waals surface area contributed by atoms with Crippen LogP contribution in [0.15, 0.2) is 48.5 Å². The Hall–Kier alpha value is -3.26. The molecule has 0 bridgehead atoms. The summed E-state index contributed by atoms with van der Waals surface area (Å²) in [5, 5.41) is 5.76. The van der Waals surface area contributed by atoms with E-state index in [1.54, 1.807) is 48.5 Å². The monoisotopic (exact) mass is 396 g/mol. The molecular formula is C20H20N4O3S. The number of amides is 2. The summed E-state index contributed by atoms with van der Waals surface area (Å²) >= 11 is 1.11. The maximum atomic E-state index is 13.0. The van der Waals surface area contributed by atoms with Crippen molar-refractivity contribution in [1.82, 2.24) is 9.36 Å². The largest absolute Gasteiger partial charge is 0.496 e. The second-order valence-electron chi connectivity index (χ2n) is 6.27. The molecule has 0 fully saturated rings. The summed E-state index contributed by atoms with van der Waals surface area (Å²) in [5.41, 5.74) is 1.18. The zero-order chi connectivity index (χ0) is 20.1. The number of anilines is 2. The molecule has 0 aliphatic carbocycles. The Morgan fingerprint density at radius 3 is 2.36 bits per heavy atom. The van der Waals surface area contributed by atoms with Gasteiger partial charge in [0.15, 0.2) is 5.78 Å². The normalized spacial score (nSPS) is 10.6. The van der Waals surface area contributed by atoms with Gasteiger partial charge in [0, 0.05) is 23.0 Å². The van der Waals surface area contributed by atoms with Gasteiger partial charge in [-0.2, -0.15) is 4.37 Å². The third kappa shape index (κ3) is 4.34. The Morgan fingerprint density at radius 2 is 1.68 bits per heavy atom. The van der Waals surface area contributed by atoms with Gasteiger partial charge in [0.25, 0.3) is 0 Å². The molecule has 8 heteroatoms. The van der Waals surface area contributed by atoms with E-state index in [4.69, 9.17) is 4.74 Å². The van der Waals surface area contributed by atoms with Crippen molar-refractivity contribution in [2.45, 2.75) is 19.8 Å². The second-order valence-corrected chi connectivity index (χ2v) is 7.02. The first-order valence-corrected chi connectivity index (χ1v) is 9.45. The van der Waals surface area contributed by atoms with E-state index < -0.39 is 6.03 Å². The van der Waals surface area contributed by atoms with E-state index in [-0.39, 0.29) is 11.7 Å². The summed E-state index contributed by atoms with van der Waals surface area (Å²) in [5.74, 6) is 1.08. The van der Waals surface area contributed by atoms with Crippen molar-refractivity contribution in [2.24, 2.45) is 0 Å². The van der Waals surface area contributed by atoms with E-state index in [9.17, 15) is 9.59 Å². The number of nitrogens with one attached hydrogen (secondary N) is 2. The maximum absolute atomic E-state index is 13.0. The molecule has 1 aromatic heterocycles. The molecule has 1 heterocycles. The predicted octanol–water partition coefficient (Wildman–Crippen LogP) is 4.55. The van der Waals surface area contributed by atoms with Crippen molar-refractivity contribution >= 4 is 34.2 Å². The molecule has 0 radical (unpaired) electrons. The van der Waals surface area contributed by atoms with Gasteiger partial charge in [-0.25, -0.2) is 9.78 Å². The molecule has 3 aromatic rings. The number of methoxy groups -OCH3 is 1. The van der Waals surface area contributed by atoms with Gasteiger partial charge >= 0.3 is 6.03 Å². The van der Waals surface area contributed by atoms with Crippen molar-refractivity contribution in [2.75, 3.05) is 17.7 Å². The molecule has 0 saturated carbocycles. The lowest BCUT2D eigenvalue weighted by atomic mass is 10.0. The Kier molecular flexibility index (Phi) is 6.00. The maximum Gasteiger partial charge on any atom is 0.325 e. The number of aromatic nitrogens is 2. The first-order valence-electron chi connectivity index (χ1n) is 8.68. The number of ether oxygens (including phenoxy) is 1. The average Bonchev–Trinajstić information content (AvgIpc) is 3.16. The highest BCUT2D eigenvalue weighted by Gasteiger charge is 2.18. The van der Waals surface area contributed by atoms with Crippen LogP contribution in [-0.4, -0.2) is 28.3 Å². The van der Waals surface area contributed by atoms with Gasteiger partial charge in [0.2, 0.25) is 5.13 Å². The fraction of sp³-hybridized carbons (Fsp3) is 0.200. The van der Waals surface area contributed by atoms with Gasteiger partial charge in [-0.1, -0.05) is 38.1 Å². The van der Waals surface area contributed by atoms with Crippen LogP contribution in [-0.2, 0) is 0 Å². The van der Waals surface area contributed by atoms with Gasteiger partial charge in [-0.15, -0.1) is 0 Å². The lowest BCUT2D eigenvalue weighted by molar-refractivity contribution is 0.103. The van der Waals surface area contributed by atoms with Gasteiger partial charge in [-0.05, 0) is 24.3 Å². The minimum Gasteiger partial charge on any atom is -0.496 e. The number of rotatable bonds is 6. The minimum absolute atomic E-state index is 0.175. The van der Waals surface area contributed by atoms with Crippen molar-refractivity contribution < 1.29 is 14.3 Å². The number of para-hydroxylation sites is 2. The number of benzene rings is 2. The summed E-state index contributed by atoms with van der Waals surface area (Å²) < 4.78 is 9.48. The topological polar surface area (TPSA) is 93.2 Å². The number of carbonyl (C=O) groups excluding carboxylic acids is 2. The Labute approximate surface area is 166 Å². The third-order valence-corrected chi connectivity index (χ3v) is 4.59. The van der Waals surface area contributed by atoms with Crippen LogP contribution in [0.4, 0.5) is 15.6 Å². The molecule has 28 heavy (non-hydrogen) atoms. The van der Waals surface area contributed by atoms with Crippen LogP contribution in [0.2, 0.25) is 0 Å². The van der Waals surface area contributed by atoms with Crippen molar-refractivity contribution in [3.05, 3.63) is 65.5 Å². The molecule has 7 nitrogen and oxygen atoms in total. The Bertz CT molecular complexity index is 1000. The number of hydrogen-bond donors (Lipinski definition) is 2. The van der Waals surface area contributed by atoms with Gasteiger partial charge in [0.1, 0.15) is 11.6 Å². The molecule has 2 aromatic carbocycles. The molecule has 2 N–H and O–H groups in total. The minimum atomic E-state index is -0.494. The lowest BCUT2D eigenvalue weighted by Gasteiger charge is -2.12. The number of nitrogens with zero attached hydrogens (tertiary/aromatic N) is 2. The fourth-order valence-corrected chi connectivity index (χ4v) is 3.24. The zero-order valence-electron chi connectivity index (χ0n) is 15.7. The SMILES string of the molecule is COc1ccccc1C(=O)c1ccccc1NC(=O)Nc1nc(C(C)C)ns1. The number of carbonyl (C=O) groups is 2. The van der Waals surface area contributed by atoms with Gasteiger partial charge < -0.3 is 10.1 Å². The summed E-state index contributed by atoms with van der Waals surface area (Å²) in [7, 11) is 1.51. The van der Waals surface area contributed by atoms with Crippen molar-refractivity contribution in [1.29, 1.82) is 0 Å². The van der Waals surface area contributed by atoms with Crippen molar-refractivity contribution in [3.8, 4) is 5.75 Å². The average molecular weight is 396 g/mol. The summed E-state index contributed by atoms with van der Waals surface area (Å²) in [6.07, 6.45) is 0. The highest BCUT2D eigenvalue weighted by atomic mass is 32.1. The smallest absolute Gasteiger partial charge is 0.325 e. The third-order valence-electron chi connectivity index (χ3n) is 3.95. The summed E-state index contributed by atoms with van der Waals surface area (Å²) in [6.45, 7) is 3.96. The predicted molar refractivity (Wildman–Crippen MR) is 110 cm³/mol. The quantitative estimate of drug-likeness (QED) is 0.597. The van der Waals surface area contributed by atoms with E-state index >= 15 is 0 Å². The molecule has 0 spiro atoms. The molecule has 0 saturated heterocycles. The van der Waals surface area contributed by atoms with E-state index in [2.05, 4.69) is 20.0 Å². The molecular weight excluding hydrogens is 376 g/mol. The number of urea groups is 1. The van der Waals surface area contributed by atoms with E-state index in [1.165, 1.54) is 7.11 Å². The summed E-state index contributed by atoms with van der Waals surface area (Å²) in [4.78, 5) is 29.6. The Morgan fingerprint density at radius 1 is 1.00 bits per heavy atom. The van der Waals surface area contributed by atoms with Crippen LogP contribution in [0, 0.1) is 0 Å². The molecule has 0 atom stereocenters. The number of ketones is 1. The van der Waals surface area contributed by atoms with Crippen LogP contribution < -0.4 is 15.4 Å². The van der Waals surface area contributed by atoms with Crippen LogP contribution in [0.5, 0.6) is 5.75 Å². The molecule has 0 aliphatic heterocycles. The Balaban J connectivity index is 1.80. The zero-order valence-corrected chi connectivity index (χ0v) is 16.5. The molecule has 144 valence electrons. The van der Waals surface area contributed by atoms with Crippen LogP contribution in [0.1, 0.15) is 41.5 Å². The van der Waals surface area contributed by atoms with Crippen LogP contribution >= 0.6 is 11.5 Å². The van der Waals surface area contributed by atoms with E-state index in [0.717, 1.165) is 11.5 Å². The van der Waals surface area contributed by atoms with E-state index in [1.807, 2.05) is 13.8 Å². The molecule has 0 aliphatic rings. The highest BCUT2D eigenvalue weighted by molar-refractivity contribution is 7.09. The molecule has 0 unspecified atom stereocenters. The van der Waals surface area contributed by atoms with Crippen molar-refractivity contribution in [3.63, 3.8) is 0 Å². The first-order chi connectivity index (χ1) is 13.5. The standard InChI is InChI=1S/C20H20N4O3S/c1-12(2)18-22-20(28-24-18)23-19(26)21-15-10-6-4-8-13(15)17(25)14-9-5-7-11-16(14)27-3/h4-12H,1-3H3,(H2,21,22,23,24,26). The lowest BCUT2D eigenvalue weighted by Crippen LogP contribution is -2.21. The highest BCUT2D eigenvalue weighted by Crippen LogP contribution is 2.25. The van der Waals surface area contributed by atoms with Crippen LogP contribution in [0.25, 0.3) is 0 Å². The van der Waals surface area contributed by atoms with Gasteiger partial charge in [-0.3, -0.25) is 10.1 Å². The van der Waals surface area contributed by atoms with E-state index in [0.29, 0.717) is 33.5 Å². The second kappa shape index (κ2) is 8.62. The number of hydrogen-bond acceptors (Lipinski definition) is 6. The molecule has 2 amide bonds. The summed E-state index contributed by atoms with van der Waals surface area (Å²) in [6, 6.07) is 13.3. The van der Waals surface area contributed by atoms with Crippen LogP contribution in [0.3, 0.4) is 0 Å². The molecule has 3 rings (SSSR count). The van der Waals surface area contributed by atoms with Gasteiger partial charge in [0.05, 0.1) is 18.4 Å². The first kappa shape index (κ1) is 19.5.